The Morgan fingerprint density at radius 3 is 0.927 bits per heavy atom. The number of rotatable bonds is 12. The molecule has 0 saturated heterocycles. The molecule has 0 bridgehead atoms. The summed E-state index contributed by atoms with van der Waals surface area (Å²) < 4.78 is 48.1. The summed E-state index contributed by atoms with van der Waals surface area (Å²) >= 11 is 0. The zero-order chi connectivity index (χ0) is 86.8. The van der Waals surface area contributed by atoms with Crippen LogP contribution in [0.4, 0.5) is 4.39 Å². The minimum absolute atomic E-state index is 0.122. The molecule has 20 rings (SSSR count). The second-order valence-electron chi connectivity index (χ2n) is 34.6. The molecule has 0 unspecified atom stereocenters. The molecule has 0 saturated carbocycles. The molecule has 0 spiro atoms. The van der Waals surface area contributed by atoms with Crippen molar-refractivity contribution in [3.8, 4) is 89.5 Å². The maximum absolute atomic E-state index is 14.3. The van der Waals surface area contributed by atoms with Crippen LogP contribution >= 0.6 is 0 Å². The van der Waals surface area contributed by atoms with E-state index in [1.54, 1.807) is 6.07 Å². The molecule has 12 nitrogen and oxygen atoms in total. The number of fused-ring (bicyclic) bond motifs is 12. The molecule has 8 aromatic carbocycles. The molecule has 0 atom stereocenters. The van der Waals surface area contributed by atoms with Crippen molar-refractivity contribution in [2.45, 2.75) is 122 Å². The molecule has 0 radical (unpaired) electrons. The van der Waals surface area contributed by atoms with Crippen molar-refractivity contribution in [3.05, 3.63) is 334 Å². The Hall–Kier alpha value is -13.9. The first-order valence-corrected chi connectivity index (χ1v) is 42.9. The summed E-state index contributed by atoms with van der Waals surface area (Å²) in [4.78, 5) is 18.4. The predicted octanol–water partition coefficient (Wildman–Crippen LogP) is 26.9. The van der Waals surface area contributed by atoms with Crippen molar-refractivity contribution in [1.29, 1.82) is 0 Å². The summed E-state index contributed by atoms with van der Waals surface area (Å²) in [5.74, 6) is 1.13. The SMILES string of the molecule is Cc1ccc2c(n1)oc1c(-c3cc(-c4ccc(CC(C)C)cc4)cc[n+]3C)c(C)ccc12.Cc1ccc2c(n1)oc1c(-c3cc(-c4ccc(F)c(C(C)C)c4)cc[n+]3C)c(C)ccc12.Cc1ccc2c(n1)oc1c(-c3cc(-c4cccc(C(C)C)c4)cc[n+]3C)c(C)ccc12.Cc1cccc(-c2cc[n+](C)c(-c3c(C)ccc4c3oc3nc(C)ccc34)c2)c1. The van der Waals surface area contributed by atoms with Crippen molar-refractivity contribution in [3.63, 3.8) is 0 Å². The lowest BCUT2D eigenvalue weighted by Crippen LogP contribution is -2.30. The lowest BCUT2D eigenvalue weighted by atomic mass is 9.95. The molecule has 20 aromatic rings. The Morgan fingerprint density at radius 1 is 0.290 bits per heavy atom. The van der Waals surface area contributed by atoms with Gasteiger partial charge in [-0.25, -0.2) is 42.6 Å². The van der Waals surface area contributed by atoms with E-state index in [2.05, 4.69) is 334 Å². The zero-order valence-corrected chi connectivity index (χ0v) is 74.4. The zero-order valence-electron chi connectivity index (χ0n) is 74.4. The quantitative estimate of drug-likeness (QED) is 0.111. The summed E-state index contributed by atoms with van der Waals surface area (Å²) in [6.07, 6.45) is 9.55. The molecular formula is C111H105FN8O4+4. The maximum atomic E-state index is 14.3. The Balaban J connectivity index is 0.000000117. The standard InChI is InChI=1S/C29H29N2O.C28H26FN2O.C28H27N2O.C26H23N2O/c1-18(2)16-21-8-10-22(11-9-21)23-14-15-31(5)26(17-23)27-19(3)6-12-24-25-13-7-20(4)30-29(25)32-28(24)27;1-16(2)23-14-19(8-11-24(23)29)20-12-13-31(5)25(15-20)26-17(3)6-9-21-22-10-7-18(4)30-28(22)32-27(21)26;1-17(2)20-7-6-8-21(15-20)22-13-14-30(5)25(16-22)26-18(3)9-11-23-24-12-10-19(4)29-28(24)31-27(23)26;1-16-6-5-7-19(14-16)20-12-13-28(4)23(15-20)24-17(2)8-10-21-22-11-9-18(3)27-26(22)29-25(21)24/h6-15,17-18H,16H2,1-5H3;6-16H,1-5H3;6-17H,1-5H3;5-15H,1-4H3/q4*+1. The van der Waals surface area contributed by atoms with Crippen LogP contribution in [0.15, 0.2) is 279 Å². The molecule has 0 aliphatic rings. The van der Waals surface area contributed by atoms with Gasteiger partial charge in [0.1, 0.15) is 34.0 Å². The third-order valence-electron chi connectivity index (χ3n) is 24.2. The Kier molecular flexibility index (Phi) is 22.5. The summed E-state index contributed by atoms with van der Waals surface area (Å²) in [6.45, 7) is 31.6. The van der Waals surface area contributed by atoms with E-state index in [0.717, 1.165) is 162 Å². The number of pyridine rings is 8. The van der Waals surface area contributed by atoms with Crippen LogP contribution in [0.3, 0.4) is 0 Å². The fourth-order valence-corrected chi connectivity index (χ4v) is 17.3. The molecule has 616 valence electrons. The van der Waals surface area contributed by atoms with Gasteiger partial charge in [0.25, 0.3) is 0 Å². The monoisotopic (exact) mass is 1630 g/mol. The Morgan fingerprint density at radius 2 is 0.597 bits per heavy atom. The normalized spacial score (nSPS) is 11.6. The number of benzene rings is 8. The average Bonchev–Trinajstić information content (AvgIpc) is 1.65. The highest BCUT2D eigenvalue weighted by Crippen LogP contribution is 2.44. The van der Waals surface area contributed by atoms with Gasteiger partial charge in [0.15, 0.2) is 47.1 Å². The second kappa shape index (κ2) is 33.8. The molecule has 0 aliphatic heterocycles. The Bertz CT molecular complexity index is 7570. The third kappa shape index (κ3) is 16.1. The maximum Gasteiger partial charge on any atom is 0.227 e. The van der Waals surface area contributed by atoms with E-state index in [0.29, 0.717) is 34.7 Å². The fourth-order valence-electron chi connectivity index (χ4n) is 17.3. The van der Waals surface area contributed by atoms with Gasteiger partial charge in [-0.1, -0.05) is 174 Å². The number of aromatic nitrogens is 8. The van der Waals surface area contributed by atoms with E-state index in [1.807, 2.05) is 91.2 Å². The number of hydrogen-bond donors (Lipinski definition) is 0. The van der Waals surface area contributed by atoms with Crippen LogP contribution < -0.4 is 18.3 Å². The van der Waals surface area contributed by atoms with Gasteiger partial charge in [-0.15, -0.1) is 0 Å². The van der Waals surface area contributed by atoms with Crippen molar-refractivity contribution in [2.75, 3.05) is 0 Å². The highest BCUT2D eigenvalue weighted by molar-refractivity contribution is 6.12. The van der Waals surface area contributed by atoms with Gasteiger partial charge >= 0.3 is 0 Å². The number of halogens is 1. The number of aryl methyl sites for hydroxylation is 13. The highest BCUT2D eigenvalue weighted by atomic mass is 19.1. The van der Waals surface area contributed by atoms with Gasteiger partial charge in [0, 0.05) is 114 Å². The van der Waals surface area contributed by atoms with Crippen LogP contribution in [0.1, 0.15) is 121 Å². The van der Waals surface area contributed by atoms with E-state index in [-0.39, 0.29) is 11.7 Å². The fraction of sp³-hybridized carbons (Fsp3) is 0.207. The molecule has 12 aromatic heterocycles. The first kappa shape index (κ1) is 82.4. The van der Waals surface area contributed by atoms with Crippen LogP contribution in [-0.4, -0.2) is 19.9 Å². The van der Waals surface area contributed by atoms with Gasteiger partial charge in [-0.3, -0.25) is 0 Å². The van der Waals surface area contributed by atoms with Crippen LogP contribution in [0.2, 0.25) is 0 Å². The molecule has 0 amide bonds. The van der Waals surface area contributed by atoms with Crippen molar-refractivity contribution >= 4 is 88.3 Å². The van der Waals surface area contributed by atoms with Crippen LogP contribution in [-0.2, 0) is 34.6 Å². The summed E-state index contributed by atoms with van der Waals surface area (Å²) in [5, 5.41) is 8.58. The van der Waals surface area contributed by atoms with Gasteiger partial charge in [-0.05, 0) is 231 Å². The third-order valence-corrected chi connectivity index (χ3v) is 24.2. The van der Waals surface area contributed by atoms with Crippen molar-refractivity contribution in [1.82, 2.24) is 19.9 Å². The number of nitrogens with zero attached hydrogens (tertiary/aromatic N) is 8. The molecule has 0 fully saturated rings. The lowest BCUT2D eigenvalue weighted by molar-refractivity contribution is -0.660. The van der Waals surface area contributed by atoms with Crippen molar-refractivity contribution < 1.29 is 40.3 Å². The van der Waals surface area contributed by atoms with E-state index in [9.17, 15) is 4.39 Å². The van der Waals surface area contributed by atoms with E-state index in [4.69, 9.17) is 17.7 Å². The molecule has 12 heterocycles. The topological polar surface area (TPSA) is 120 Å². The van der Waals surface area contributed by atoms with Crippen molar-refractivity contribution in [2.24, 2.45) is 34.1 Å². The van der Waals surface area contributed by atoms with Crippen LogP contribution in [0, 0.1) is 74.0 Å². The van der Waals surface area contributed by atoms with Gasteiger partial charge in [-0.2, -0.15) is 0 Å². The molecule has 13 heteroatoms. The largest absolute Gasteiger partial charge is 0.437 e. The molecule has 124 heavy (non-hydrogen) atoms. The summed E-state index contributed by atoms with van der Waals surface area (Å²) in [5.41, 5.74) is 37.7. The van der Waals surface area contributed by atoms with E-state index in [1.165, 1.54) is 66.8 Å². The molecule has 0 aliphatic carbocycles. The average molecular weight is 1630 g/mol. The predicted molar refractivity (Wildman–Crippen MR) is 504 cm³/mol. The van der Waals surface area contributed by atoms with Gasteiger partial charge in [0.2, 0.25) is 45.6 Å². The second-order valence-corrected chi connectivity index (χ2v) is 34.6. The summed E-state index contributed by atoms with van der Waals surface area (Å²) in [6, 6.07) is 83.1. The number of furan rings is 4. The first-order valence-electron chi connectivity index (χ1n) is 42.9. The van der Waals surface area contributed by atoms with E-state index < -0.39 is 0 Å². The minimum atomic E-state index is -0.156. The molecule has 0 N–H and O–H groups in total. The first-order chi connectivity index (χ1) is 59.7. The summed E-state index contributed by atoms with van der Waals surface area (Å²) in [7, 11) is 8.30. The lowest BCUT2D eigenvalue weighted by Gasteiger charge is -2.11. The molecular weight excluding hydrogens is 1530 g/mol. The van der Waals surface area contributed by atoms with Gasteiger partial charge < -0.3 is 17.7 Å². The Labute approximate surface area is 724 Å². The van der Waals surface area contributed by atoms with Gasteiger partial charge in [0.05, 0.1) is 22.3 Å². The number of hydrogen-bond acceptors (Lipinski definition) is 8. The van der Waals surface area contributed by atoms with Crippen LogP contribution in [0.5, 0.6) is 0 Å². The minimum Gasteiger partial charge on any atom is -0.437 e. The van der Waals surface area contributed by atoms with Crippen LogP contribution in [0.25, 0.3) is 178 Å². The smallest absolute Gasteiger partial charge is 0.227 e. The highest BCUT2D eigenvalue weighted by Gasteiger charge is 2.28. The van der Waals surface area contributed by atoms with E-state index >= 15 is 0 Å².